The van der Waals surface area contributed by atoms with E-state index in [0.717, 1.165) is 11.1 Å². The molecule has 1 aliphatic heterocycles. The minimum absolute atomic E-state index is 0.0936. The summed E-state index contributed by atoms with van der Waals surface area (Å²) in [5.41, 5.74) is 2.67. The van der Waals surface area contributed by atoms with Gasteiger partial charge in [0.15, 0.2) is 11.5 Å². The fourth-order valence-electron chi connectivity index (χ4n) is 3.74. The van der Waals surface area contributed by atoms with Crippen molar-refractivity contribution >= 4 is 50.5 Å². The van der Waals surface area contributed by atoms with Gasteiger partial charge < -0.3 is 9.84 Å². The number of carbonyl (C=O) groups is 1. The van der Waals surface area contributed by atoms with Gasteiger partial charge in [-0.2, -0.15) is 0 Å². The molecule has 1 aromatic heterocycles. The summed E-state index contributed by atoms with van der Waals surface area (Å²) < 4.78 is 33.0. The lowest BCUT2D eigenvalue weighted by Gasteiger charge is -2.20. The molecule has 0 saturated heterocycles. The molecule has 0 fully saturated rings. The summed E-state index contributed by atoms with van der Waals surface area (Å²) >= 11 is 11.8. The zero-order valence-corrected chi connectivity index (χ0v) is 19.9. The molecular weight excluding hydrogens is 497 g/mol. The van der Waals surface area contributed by atoms with Crippen LogP contribution in [0.15, 0.2) is 82.2 Å². The summed E-state index contributed by atoms with van der Waals surface area (Å²) in [6.07, 6.45) is 0.574. The first kappa shape index (κ1) is 22.5. The molecule has 2 heterocycles. The average molecular weight is 514 g/mol. The van der Waals surface area contributed by atoms with E-state index in [-0.39, 0.29) is 10.6 Å². The lowest BCUT2D eigenvalue weighted by Crippen LogP contribution is -2.29. The van der Waals surface area contributed by atoms with Crippen LogP contribution < -0.4 is 9.62 Å². The van der Waals surface area contributed by atoms with Crippen LogP contribution in [-0.2, 0) is 16.4 Å². The lowest BCUT2D eigenvalue weighted by atomic mass is 10.1. The van der Waals surface area contributed by atoms with Crippen LogP contribution in [0.25, 0.3) is 11.3 Å². The summed E-state index contributed by atoms with van der Waals surface area (Å²) in [7, 11) is -3.77. The van der Waals surface area contributed by atoms with E-state index in [1.807, 2.05) is 6.07 Å². The number of fused-ring (bicyclic) bond motifs is 1. The lowest BCUT2D eigenvalue weighted by molar-refractivity contribution is 0.101. The maximum absolute atomic E-state index is 13.2. The third-order valence-electron chi connectivity index (χ3n) is 5.47. The molecule has 4 aromatic rings. The number of benzene rings is 3. The maximum Gasteiger partial charge on any atom is 0.277 e. The van der Waals surface area contributed by atoms with Crippen molar-refractivity contribution < 1.29 is 17.7 Å². The molecule has 0 radical (unpaired) electrons. The molecule has 1 aliphatic rings. The Morgan fingerprint density at radius 3 is 2.32 bits per heavy atom. The number of amides is 1. The highest BCUT2D eigenvalue weighted by Crippen LogP contribution is 2.35. The van der Waals surface area contributed by atoms with Crippen LogP contribution in [0.3, 0.4) is 0 Å². The van der Waals surface area contributed by atoms with Crippen LogP contribution in [0.4, 0.5) is 11.4 Å². The van der Waals surface area contributed by atoms with E-state index < -0.39 is 15.9 Å². The zero-order chi connectivity index (χ0) is 23.9. The third-order valence-corrected chi connectivity index (χ3v) is 7.80. The smallest absolute Gasteiger partial charge is 0.277 e. The van der Waals surface area contributed by atoms with E-state index in [9.17, 15) is 13.2 Å². The van der Waals surface area contributed by atoms with Crippen molar-refractivity contribution in [3.63, 3.8) is 0 Å². The molecule has 0 atom stereocenters. The van der Waals surface area contributed by atoms with Crippen molar-refractivity contribution in [2.45, 2.75) is 11.3 Å². The summed E-state index contributed by atoms with van der Waals surface area (Å²) in [6, 6.07) is 19.7. The van der Waals surface area contributed by atoms with Crippen molar-refractivity contribution in [2.24, 2.45) is 0 Å². The van der Waals surface area contributed by atoms with Crippen LogP contribution in [0.1, 0.15) is 16.1 Å². The predicted molar refractivity (Wildman–Crippen MR) is 131 cm³/mol. The van der Waals surface area contributed by atoms with Crippen molar-refractivity contribution in [2.75, 3.05) is 16.2 Å². The normalized spacial score (nSPS) is 13.1. The molecule has 1 amide bonds. The highest BCUT2D eigenvalue weighted by atomic mass is 35.5. The molecule has 0 spiro atoms. The van der Waals surface area contributed by atoms with Crippen LogP contribution in [0.2, 0.25) is 10.0 Å². The summed E-state index contributed by atoms with van der Waals surface area (Å²) in [4.78, 5) is 12.9. The Morgan fingerprint density at radius 1 is 0.941 bits per heavy atom. The number of carbonyl (C=O) groups excluding carboxylic acids is 1. The number of aromatic nitrogens is 1. The largest absolute Gasteiger partial charge is 0.355 e. The number of nitrogens with zero attached hydrogens (tertiary/aromatic N) is 2. The van der Waals surface area contributed by atoms with Gasteiger partial charge in [-0.15, -0.1) is 0 Å². The van der Waals surface area contributed by atoms with Gasteiger partial charge in [0.2, 0.25) is 0 Å². The molecule has 7 nitrogen and oxygen atoms in total. The quantitative estimate of drug-likeness (QED) is 0.372. The number of hydrogen-bond donors (Lipinski definition) is 1. The topological polar surface area (TPSA) is 92.5 Å². The second kappa shape index (κ2) is 8.79. The summed E-state index contributed by atoms with van der Waals surface area (Å²) in [6.45, 7) is 0.311. The minimum Gasteiger partial charge on any atom is -0.355 e. The third kappa shape index (κ3) is 4.27. The monoisotopic (exact) mass is 513 g/mol. The van der Waals surface area contributed by atoms with E-state index in [0.29, 0.717) is 40.1 Å². The SMILES string of the molecule is O=C(Nc1ccc2c(c1)N(S(=O)(=O)c1ccc(Cl)cc1)CC2)c1cc(-c2ccc(Cl)cc2)on1. The Labute approximate surface area is 205 Å². The van der Waals surface area contributed by atoms with Gasteiger partial charge in [-0.25, -0.2) is 8.42 Å². The number of anilines is 2. The van der Waals surface area contributed by atoms with Gasteiger partial charge in [-0.1, -0.05) is 34.4 Å². The molecule has 34 heavy (non-hydrogen) atoms. The van der Waals surface area contributed by atoms with Gasteiger partial charge in [0.25, 0.3) is 15.9 Å². The number of nitrogens with one attached hydrogen (secondary N) is 1. The van der Waals surface area contributed by atoms with Crippen LogP contribution in [0, 0.1) is 0 Å². The Bertz CT molecular complexity index is 1480. The molecule has 0 unspecified atom stereocenters. The van der Waals surface area contributed by atoms with Crippen molar-refractivity contribution in [3.05, 3.63) is 94.1 Å². The van der Waals surface area contributed by atoms with E-state index >= 15 is 0 Å². The highest BCUT2D eigenvalue weighted by Gasteiger charge is 2.31. The molecule has 172 valence electrons. The summed E-state index contributed by atoms with van der Waals surface area (Å²) in [5.74, 6) is -0.0509. The average Bonchev–Trinajstić information content (AvgIpc) is 3.48. The molecule has 0 aliphatic carbocycles. The van der Waals surface area contributed by atoms with Crippen molar-refractivity contribution in [1.29, 1.82) is 0 Å². The van der Waals surface area contributed by atoms with E-state index in [4.69, 9.17) is 27.7 Å². The Balaban J connectivity index is 1.37. The van der Waals surface area contributed by atoms with Gasteiger partial charge in [0.05, 0.1) is 10.6 Å². The Kier molecular flexibility index (Phi) is 5.81. The molecule has 3 aromatic carbocycles. The predicted octanol–water partition coefficient (Wildman–Crippen LogP) is 5.65. The molecular formula is C24H17Cl2N3O4S. The molecule has 10 heteroatoms. The molecule has 0 saturated carbocycles. The van der Waals surface area contributed by atoms with Gasteiger partial charge in [-0.3, -0.25) is 9.10 Å². The fraction of sp³-hybridized carbons (Fsp3) is 0.0833. The molecule has 0 bridgehead atoms. The first-order valence-corrected chi connectivity index (χ1v) is 12.5. The summed E-state index contributed by atoms with van der Waals surface area (Å²) in [5, 5.41) is 7.65. The van der Waals surface area contributed by atoms with Crippen LogP contribution in [-0.4, -0.2) is 26.0 Å². The first-order valence-electron chi connectivity index (χ1n) is 10.3. The second-order valence-electron chi connectivity index (χ2n) is 7.66. The van der Waals surface area contributed by atoms with Gasteiger partial charge in [0.1, 0.15) is 0 Å². The fourth-order valence-corrected chi connectivity index (χ4v) is 5.49. The standard InChI is InChI=1S/C24H17Cl2N3O4S/c25-17-4-1-16(2-5-17)23-14-21(28-33-23)24(30)27-19-8-3-15-11-12-29(22(15)13-19)34(31,32)20-9-6-18(26)7-10-20/h1-10,13-14H,11-12H2,(H,27,30). The highest BCUT2D eigenvalue weighted by molar-refractivity contribution is 7.92. The van der Waals surface area contributed by atoms with Crippen LogP contribution >= 0.6 is 23.2 Å². The van der Waals surface area contributed by atoms with Crippen LogP contribution in [0.5, 0.6) is 0 Å². The van der Waals surface area contributed by atoms with E-state index in [1.165, 1.54) is 34.6 Å². The zero-order valence-electron chi connectivity index (χ0n) is 17.5. The maximum atomic E-state index is 13.2. The number of hydrogen-bond acceptors (Lipinski definition) is 5. The minimum atomic E-state index is -3.77. The van der Waals surface area contributed by atoms with E-state index in [2.05, 4.69) is 10.5 Å². The number of rotatable bonds is 5. The van der Waals surface area contributed by atoms with Crippen molar-refractivity contribution in [3.8, 4) is 11.3 Å². The first-order chi connectivity index (χ1) is 16.3. The Hall–Kier alpha value is -3.33. The number of halogens is 2. The van der Waals surface area contributed by atoms with Gasteiger partial charge >= 0.3 is 0 Å². The van der Waals surface area contributed by atoms with E-state index in [1.54, 1.807) is 36.4 Å². The second-order valence-corrected chi connectivity index (χ2v) is 10.4. The molecule has 5 rings (SSSR count). The Morgan fingerprint density at radius 2 is 1.62 bits per heavy atom. The van der Waals surface area contributed by atoms with Gasteiger partial charge in [-0.05, 0) is 72.6 Å². The number of sulfonamides is 1. The molecule has 1 N–H and O–H groups in total. The van der Waals surface area contributed by atoms with Gasteiger partial charge in [0, 0.05) is 33.9 Å². The van der Waals surface area contributed by atoms with Crippen molar-refractivity contribution in [1.82, 2.24) is 5.16 Å².